The standard InChI is InChI=1S/C10H10N2O3/c13-9(14)8-7(11-10(15)12-8)6-4-2-1-3-5-6/h1-5,7-8H,(H,13,14)(H2,11,12,15). The Morgan fingerprint density at radius 3 is 2.47 bits per heavy atom. The lowest BCUT2D eigenvalue weighted by Gasteiger charge is -2.14. The number of carboxylic acid groups (broad SMARTS) is 1. The van der Waals surface area contributed by atoms with Crippen LogP contribution in [0.15, 0.2) is 30.3 Å². The molecule has 0 radical (unpaired) electrons. The zero-order chi connectivity index (χ0) is 10.8. The van der Waals surface area contributed by atoms with Crippen LogP contribution in [0.2, 0.25) is 0 Å². The van der Waals surface area contributed by atoms with E-state index in [4.69, 9.17) is 5.11 Å². The molecule has 0 aromatic heterocycles. The third-order valence-corrected chi connectivity index (χ3v) is 2.33. The fraction of sp³-hybridized carbons (Fsp3) is 0.200. The first kappa shape index (κ1) is 9.51. The van der Waals surface area contributed by atoms with Crippen LogP contribution in [0.4, 0.5) is 4.79 Å². The quantitative estimate of drug-likeness (QED) is 0.659. The average molecular weight is 206 g/mol. The van der Waals surface area contributed by atoms with Gasteiger partial charge in [-0.05, 0) is 5.56 Å². The number of urea groups is 1. The van der Waals surface area contributed by atoms with E-state index >= 15 is 0 Å². The second-order valence-electron chi connectivity index (χ2n) is 3.32. The van der Waals surface area contributed by atoms with Gasteiger partial charge >= 0.3 is 12.0 Å². The van der Waals surface area contributed by atoms with Gasteiger partial charge in [-0.15, -0.1) is 0 Å². The second kappa shape index (κ2) is 3.61. The van der Waals surface area contributed by atoms with Crippen LogP contribution in [-0.2, 0) is 4.79 Å². The molecule has 0 saturated carbocycles. The molecule has 1 heterocycles. The van der Waals surface area contributed by atoms with E-state index in [-0.39, 0.29) is 0 Å². The van der Waals surface area contributed by atoms with Crippen LogP contribution in [-0.4, -0.2) is 23.1 Å². The zero-order valence-corrected chi connectivity index (χ0v) is 7.81. The van der Waals surface area contributed by atoms with E-state index in [1.54, 1.807) is 24.3 Å². The van der Waals surface area contributed by atoms with Crippen molar-refractivity contribution < 1.29 is 14.7 Å². The molecule has 78 valence electrons. The normalized spacial score (nSPS) is 24.4. The minimum absolute atomic E-state index is 0.448. The summed E-state index contributed by atoms with van der Waals surface area (Å²) in [5.74, 6) is -1.04. The van der Waals surface area contributed by atoms with Crippen LogP contribution < -0.4 is 10.6 Å². The summed E-state index contributed by atoms with van der Waals surface area (Å²) in [7, 11) is 0. The van der Waals surface area contributed by atoms with Crippen molar-refractivity contribution in [1.82, 2.24) is 10.6 Å². The number of rotatable bonds is 2. The summed E-state index contributed by atoms with van der Waals surface area (Å²) in [6.07, 6.45) is 0. The molecule has 0 aliphatic carbocycles. The molecule has 1 aliphatic heterocycles. The monoisotopic (exact) mass is 206 g/mol. The van der Waals surface area contributed by atoms with Gasteiger partial charge in [0.15, 0.2) is 6.04 Å². The smallest absolute Gasteiger partial charge is 0.328 e. The SMILES string of the molecule is O=C1NC(C(=O)O)C(c2ccccc2)N1. The minimum atomic E-state index is -1.04. The predicted octanol–water partition coefficient (Wildman–Crippen LogP) is 0.494. The number of carboxylic acids is 1. The van der Waals surface area contributed by atoms with E-state index in [1.165, 1.54) is 0 Å². The fourth-order valence-corrected chi connectivity index (χ4v) is 1.63. The maximum atomic E-state index is 11.1. The van der Waals surface area contributed by atoms with Crippen LogP contribution in [0.1, 0.15) is 11.6 Å². The van der Waals surface area contributed by atoms with Gasteiger partial charge in [-0.2, -0.15) is 0 Å². The van der Waals surface area contributed by atoms with Crippen molar-refractivity contribution in [3.63, 3.8) is 0 Å². The summed E-state index contributed by atoms with van der Waals surface area (Å²) >= 11 is 0. The van der Waals surface area contributed by atoms with Gasteiger partial charge in [0, 0.05) is 0 Å². The first-order valence-corrected chi connectivity index (χ1v) is 4.53. The van der Waals surface area contributed by atoms with E-state index < -0.39 is 24.1 Å². The van der Waals surface area contributed by atoms with Crippen molar-refractivity contribution in [2.45, 2.75) is 12.1 Å². The summed E-state index contributed by atoms with van der Waals surface area (Å²) in [6, 6.07) is 7.16. The molecule has 0 bridgehead atoms. The first-order valence-electron chi connectivity index (χ1n) is 4.53. The number of carbonyl (C=O) groups is 2. The van der Waals surface area contributed by atoms with Gasteiger partial charge in [0.2, 0.25) is 0 Å². The Bertz CT molecular complexity index is 391. The predicted molar refractivity (Wildman–Crippen MR) is 52.3 cm³/mol. The highest BCUT2D eigenvalue weighted by molar-refractivity contribution is 5.87. The number of benzene rings is 1. The molecule has 1 aromatic rings. The molecular weight excluding hydrogens is 196 g/mol. The van der Waals surface area contributed by atoms with E-state index in [0.717, 1.165) is 5.56 Å². The maximum absolute atomic E-state index is 11.1. The number of hydrogen-bond donors (Lipinski definition) is 3. The van der Waals surface area contributed by atoms with Crippen molar-refractivity contribution in [1.29, 1.82) is 0 Å². The van der Waals surface area contributed by atoms with E-state index in [0.29, 0.717) is 0 Å². The Balaban J connectivity index is 2.28. The number of nitrogens with one attached hydrogen (secondary N) is 2. The van der Waals surface area contributed by atoms with Gasteiger partial charge in [-0.1, -0.05) is 30.3 Å². The molecule has 2 rings (SSSR count). The van der Waals surface area contributed by atoms with Crippen LogP contribution >= 0.6 is 0 Å². The third-order valence-electron chi connectivity index (χ3n) is 2.33. The molecule has 1 aliphatic rings. The molecule has 3 N–H and O–H groups in total. The molecule has 0 spiro atoms. The summed E-state index contributed by atoms with van der Waals surface area (Å²) in [4.78, 5) is 21.9. The van der Waals surface area contributed by atoms with Crippen LogP contribution in [0.25, 0.3) is 0 Å². The first-order chi connectivity index (χ1) is 7.18. The highest BCUT2D eigenvalue weighted by Gasteiger charge is 2.37. The van der Waals surface area contributed by atoms with Crippen LogP contribution in [0.3, 0.4) is 0 Å². The molecule has 1 aromatic carbocycles. The second-order valence-corrected chi connectivity index (χ2v) is 3.32. The van der Waals surface area contributed by atoms with Gasteiger partial charge in [0.25, 0.3) is 0 Å². The lowest BCUT2D eigenvalue weighted by Crippen LogP contribution is -2.35. The lowest BCUT2D eigenvalue weighted by molar-refractivity contribution is -0.139. The van der Waals surface area contributed by atoms with E-state index in [2.05, 4.69) is 10.6 Å². The Kier molecular flexibility index (Phi) is 2.29. The summed E-state index contributed by atoms with van der Waals surface area (Å²) < 4.78 is 0. The van der Waals surface area contributed by atoms with Gasteiger partial charge in [0.05, 0.1) is 6.04 Å². The molecule has 15 heavy (non-hydrogen) atoms. The molecule has 1 saturated heterocycles. The summed E-state index contributed by atoms with van der Waals surface area (Å²) in [5, 5.41) is 13.8. The summed E-state index contributed by atoms with van der Waals surface area (Å²) in [6.45, 7) is 0. The number of hydrogen-bond acceptors (Lipinski definition) is 2. The zero-order valence-electron chi connectivity index (χ0n) is 7.81. The van der Waals surface area contributed by atoms with Gasteiger partial charge in [0.1, 0.15) is 0 Å². The van der Waals surface area contributed by atoms with Crippen molar-refractivity contribution in [2.75, 3.05) is 0 Å². The van der Waals surface area contributed by atoms with Crippen molar-refractivity contribution in [3.05, 3.63) is 35.9 Å². The minimum Gasteiger partial charge on any atom is -0.480 e. The topological polar surface area (TPSA) is 78.4 Å². The third kappa shape index (κ3) is 1.76. The Morgan fingerprint density at radius 1 is 1.20 bits per heavy atom. The highest BCUT2D eigenvalue weighted by atomic mass is 16.4. The molecule has 5 heteroatoms. The Morgan fingerprint density at radius 2 is 1.87 bits per heavy atom. The van der Waals surface area contributed by atoms with Crippen molar-refractivity contribution >= 4 is 12.0 Å². The van der Waals surface area contributed by atoms with Crippen LogP contribution in [0, 0.1) is 0 Å². The van der Waals surface area contributed by atoms with Crippen molar-refractivity contribution in [2.24, 2.45) is 0 Å². The van der Waals surface area contributed by atoms with Gasteiger partial charge in [-0.3, -0.25) is 0 Å². The average Bonchev–Trinajstić information content (AvgIpc) is 2.62. The Labute approximate surface area is 86.1 Å². The van der Waals surface area contributed by atoms with Crippen molar-refractivity contribution in [3.8, 4) is 0 Å². The lowest BCUT2D eigenvalue weighted by atomic mass is 10.0. The molecule has 2 atom stereocenters. The number of carbonyl (C=O) groups excluding carboxylic acids is 1. The largest absolute Gasteiger partial charge is 0.480 e. The maximum Gasteiger partial charge on any atom is 0.328 e. The number of amides is 2. The number of aliphatic carboxylic acids is 1. The molecular formula is C10H10N2O3. The molecule has 1 fully saturated rings. The molecule has 2 unspecified atom stereocenters. The Hall–Kier alpha value is -2.04. The van der Waals surface area contributed by atoms with Crippen LogP contribution in [0.5, 0.6) is 0 Å². The van der Waals surface area contributed by atoms with Gasteiger partial charge < -0.3 is 15.7 Å². The fourth-order valence-electron chi connectivity index (χ4n) is 1.63. The molecule has 2 amide bonds. The summed E-state index contributed by atoms with van der Waals surface area (Å²) in [5.41, 5.74) is 0.781. The van der Waals surface area contributed by atoms with E-state index in [9.17, 15) is 9.59 Å². The molecule has 5 nitrogen and oxygen atoms in total. The van der Waals surface area contributed by atoms with Gasteiger partial charge in [-0.25, -0.2) is 9.59 Å². The van der Waals surface area contributed by atoms with E-state index in [1.807, 2.05) is 6.07 Å². The highest BCUT2D eigenvalue weighted by Crippen LogP contribution is 2.20.